The van der Waals surface area contributed by atoms with Crippen LogP contribution in [0.15, 0.2) is 48.5 Å². The Bertz CT molecular complexity index is 1280. The van der Waals surface area contributed by atoms with Crippen LogP contribution in [0, 0.1) is 0 Å². The van der Waals surface area contributed by atoms with Gasteiger partial charge in [0.25, 0.3) is 10.1 Å². The molecule has 35 heavy (non-hydrogen) atoms. The molecule has 11 heteroatoms. The number of rotatable bonds is 9. The summed E-state index contributed by atoms with van der Waals surface area (Å²) in [6, 6.07) is 8.81. The van der Waals surface area contributed by atoms with E-state index in [-0.39, 0.29) is 5.56 Å². The zero-order valence-corrected chi connectivity index (χ0v) is 21.4. The van der Waals surface area contributed by atoms with Crippen LogP contribution in [-0.4, -0.2) is 52.9 Å². The van der Waals surface area contributed by atoms with Gasteiger partial charge in [-0.05, 0) is 35.6 Å². The number of thiophene rings is 1. The summed E-state index contributed by atoms with van der Waals surface area (Å²) in [5.41, 5.74) is 3.32. The van der Waals surface area contributed by atoms with Crippen LogP contribution in [0.25, 0.3) is 16.8 Å². The number of aromatic nitrogens is 2. The number of aromatic carboxylic acids is 1. The third-order valence-corrected chi connectivity index (χ3v) is 5.85. The molecule has 0 aliphatic heterocycles. The van der Waals surface area contributed by atoms with Gasteiger partial charge in [0.1, 0.15) is 5.82 Å². The van der Waals surface area contributed by atoms with Gasteiger partial charge in [0.2, 0.25) is 0 Å². The van der Waals surface area contributed by atoms with Gasteiger partial charge in [0.15, 0.2) is 0 Å². The number of ether oxygens (including phenoxy) is 1. The van der Waals surface area contributed by atoms with E-state index in [4.69, 9.17) is 14.4 Å². The van der Waals surface area contributed by atoms with Gasteiger partial charge in [0.05, 0.1) is 41.3 Å². The van der Waals surface area contributed by atoms with Gasteiger partial charge in [-0.3, -0.25) is 4.55 Å². The van der Waals surface area contributed by atoms with E-state index in [1.807, 2.05) is 29.8 Å². The Hall–Kier alpha value is -3.28. The maximum atomic E-state index is 12.0. The fourth-order valence-electron chi connectivity index (χ4n) is 3.24. The Labute approximate surface area is 208 Å². The number of nitrogens with zero attached hydrogens (tertiary/aromatic N) is 2. The molecule has 188 valence electrons. The second kappa shape index (κ2) is 12.4. The van der Waals surface area contributed by atoms with E-state index < -0.39 is 22.1 Å². The number of hydrogen-bond donors (Lipinski definition) is 2. The lowest BCUT2D eigenvalue weighted by Gasteiger charge is -2.13. The van der Waals surface area contributed by atoms with Crippen LogP contribution in [0.3, 0.4) is 0 Å². The predicted molar refractivity (Wildman–Crippen MR) is 135 cm³/mol. The minimum atomic E-state index is -3.67. The Balaban J connectivity index is 0.000000784. The largest absolute Gasteiger partial charge is 0.478 e. The first kappa shape index (κ1) is 28.0. The van der Waals surface area contributed by atoms with Crippen LogP contribution < -0.4 is 0 Å². The van der Waals surface area contributed by atoms with Crippen LogP contribution in [-0.2, 0) is 32.6 Å². The van der Waals surface area contributed by atoms with Crippen LogP contribution in [0.1, 0.15) is 46.4 Å². The maximum Gasteiger partial charge on any atom is 0.338 e. The van der Waals surface area contributed by atoms with E-state index in [0.717, 1.165) is 46.8 Å². The summed E-state index contributed by atoms with van der Waals surface area (Å²) in [6.07, 6.45) is 5.44. The number of hydrogen-bond acceptors (Lipinski definition) is 7. The minimum Gasteiger partial charge on any atom is -0.478 e. The fraction of sp³-hybridized carbons (Fsp3) is 0.292. The SMILES string of the molecule is C=C(C(=O)OC)c1sccc1-c1cnc(CCCC)n1Cc1ccc(C(=O)O)cc1.CS(=O)(=O)O. The third kappa shape index (κ3) is 8.16. The monoisotopic (exact) mass is 520 g/mol. The smallest absolute Gasteiger partial charge is 0.338 e. The Morgan fingerprint density at radius 2 is 1.83 bits per heavy atom. The molecule has 0 unspecified atom stereocenters. The maximum absolute atomic E-state index is 12.0. The molecular weight excluding hydrogens is 492 g/mol. The van der Waals surface area contributed by atoms with E-state index in [9.17, 15) is 18.0 Å². The molecule has 0 saturated carbocycles. The molecule has 0 amide bonds. The second-order valence-corrected chi connectivity index (χ2v) is 10.0. The molecule has 2 aromatic heterocycles. The van der Waals surface area contributed by atoms with Crippen molar-refractivity contribution in [3.05, 3.63) is 70.3 Å². The minimum absolute atomic E-state index is 0.255. The first-order valence-corrected chi connectivity index (χ1v) is 13.3. The molecule has 0 saturated heterocycles. The van der Waals surface area contributed by atoms with Gasteiger partial charge in [0, 0.05) is 18.5 Å². The molecule has 0 spiro atoms. The normalized spacial score (nSPS) is 10.9. The highest BCUT2D eigenvalue weighted by Crippen LogP contribution is 2.34. The second-order valence-electron chi connectivity index (χ2n) is 7.62. The van der Waals surface area contributed by atoms with Gasteiger partial charge in [-0.1, -0.05) is 32.1 Å². The van der Waals surface area contributed by atoms with E-state index >= 15 is 0 Å². The molecule has 0 radical (unpaired) electrons. The summed E-state index contributed by atoms with van der Waals surface area (Å²) in [4.78, 5) is 28.6. The Morgan fingerprint density at radius 3 is 2.37 bits per heavy atom. The lowest BCUT2D eigenvalue weighted by Crippen LogP contribution is -2.08. The van der Waals surface area contributed by atoms with Crippen molar-refractivity contribution in [1.82, 2.24) is 9.55 Å². The average Bonchev–Trinajstić information content (AvgIpc) is 3.42. The highest BCUT2D eigenvalue weighted by Gasteiger charge is 2.20. The molecule has 3 rings (SSSR count). The molecule has 2 N–H and O–H groups in total. The van der Waals surface area contributed by atoms with E-state index in [1.165, 1.54) is 18.4 Å². The van der Waals surface area contributed by atoms with Gasteiger partial charge in [-0.15, -0.1) is 11.3 Å². The first-order valence-electron chi connectivity index (χ1n) is 10.6. The van der Waals surface area contributed by atoms with Crippen molar-refractivity contribution in [2.45, 2.75) is 32.7 Å². The van der Waals surface area contributed by atoms with E-state index in [2.05, 4.69) is 23.1 Å². The molecule has 0 fully saturated rings. The van der Waals surface area contributed by atoms with Crippen molar-refractivity contribution in [3.63, 3.8) is 0 Å². The Kier molecular flexibility index (Phi) is 9.93. The molecule has 2 heterocycles. The van der Waals surface area contributed by atoms with Crippen molar-refractivity contribution < 1.29 is 32.4 Å². The van der Waals surface area contributed by atoms with Crippen LogP contribution >= 0.6 is 11.3 Å². The van der Waals surface area contributed by atoms with Crippen molar-refractivity contribution in [2.24, 2.45) is 0 Å². The summed E-state index contributed by atoms with van der Waals surface area (Å²) in [5, 5.41) is 11.1. The predicted octanol–water partition coefficient (Wildman–Crippen LogP) is 4.39. The summed E-state index contributed by atoms with van der Waals surface area (Å²) in [7, 11) is -2.32. The van der Waals surface area contributed by atoms with Gasteiger partial charge < -0.3 is 14.4 Å². The van der Waals surface area contributed by atoms with Crippen LogP contribution in [0.4, 0.5) is 0 Å². The molecular formula is C24H28N2O7S2. The van der Waals surface area contributed by atoms with E-state index in [0.29, 0.717) is 18.4 Å². The van der Waals surface area contributed by atoms with Crippen molar-refractivity contribution in [1.29, 1.82) is 0 Å². The highest BCUT2D eigenvalue weighted by molar-refractivity contribution is 7.85. The topological polar surface area (TPSA) is 136 Å². The van der Waals surface area contributed by atoms with Gasteiger partial charge in [-0.25, -0.2) is 14.6 Å². The summed E-state index contributed by atoms with van der Waals surface area (Å²) in [6.45, 7) is 6.59. The number of carboxylic acid groups (broad SMARTS) is 1. The summed E-state index contributed by atoms with van der Waals surface area (Å²) >= 11 is 1.44. The summed E-state index contributed by atoms with van der Waals surface area (Å²) < 4.78 is 32.8. The molecule has 0 bridgehead atoms. The number of aryl methyl sites for hydroxylation is 1. The standard InChI is InChI=1S/C23H24N2O4S.CH4O3S/c1-4-5-6-20-24-13-19(18-11-12-30-21(18)15(2)23(28)29-3)25(20)14-16-7-9-17(10-8-16)22(26)27;1-5(2,3)4/h7-13H,2,4-6,14H2,1,3H3,(H,26,27);1H3,(H,2,3,4). The highest BCUT2D eigenvalue weighted by atomic mass is 32.2. The molecule has 0 aliphatic rings. The molecule has 3 aromatic rings. The Morgan fingerprint density at radius 1 is 1.20 bits per heavy atom. The zero-order chi connectivity index (χ0) is 26.2. The van der Waals surface area contributed by atoms with Crippen molar-refractivity contribution in [3.8, 4) is 11.3 Å². The number of unbranched alkanes of at least 4 members (excludes halogenated alkanes) is 1. The van der Waals surface area contributed by atoms with E-state index in [1.54, 1.807) is 12.1 Å². The molecule has 1 aromatic carbocycles. The number of carbonyl (C=O) groups is 2. The quantitative estimate of drug-likeness (QED) is 0.241. The van der Waals surface area contributed by atoms with Crippen molar-refractivity contribution in [2.75, 3.05) is 13.4 Å². The summed E-state index contributed by atoms with van der Waals surface area (Å²) in [5.74, 6) is -0.451. The number of carbonyl (C=O) groups excluding carboxylic acids is 1. The number of benzene rings is 1. The zero-order valence-electron chi connectivity index (χ0n) is 19.7. The van der Waals surface area contributed by atoms with Gasteiger partial charge >= 0.3 is 11.9 Å². The lowest BCUT2D eigenvalue weighted by atomic mass is 10.1. The van der Waals surface area contributed by atoms with Crippen LogP contribution in [0.2, 0.25) is 0 Å². The van der Waals surface area contributed by atoms with Gasteiger partial charge in [-0.2, -0.15) is 8.42 Å². The number of imidazole rings is 1. The molecule has 0 aliphatic carbocycles. The van der Waals surface area contributed by atoms with Crippen molar-refractivity contribution >= 4 is 39.0 Å². The number of esters is 1. The first-order chi connectivity index (χ1) is 16.5. The van der Waals surface area contributed by atoms with Crippen LogP contribution in [0.5, 0.6) is 0 Å². The number of methoxy groups -OCH3 is 1. The lowest BCUT2D eigenvalue weighted by molar-refractivity contribution is -0.133. The number of carboxylic acids is 1. The molecule has 0 atom stereocenters. The third-order valence-electron chi connectivity index (χ3n) is 4.88. The molecule has 9 nitrogen and oxygen atoms in total. The average molecular weight is 521 g/mol. The fourth-order valence-corrected chi connectivity index (χ4v) is 4.10.